The molecule has 9 heavy (non-hydrogen) atoms. The molecule has 0 aromatic rings. The Morgan fingerprint density at radius 1 is 1.78 bits per heavy atom. The Morgan fingerprint density at radius 3 is 2.67 bits per heavy atom. The predicted octanol–water partition coefficient (Wildman–Crippen LogP) is 0.804. The Labute approximate surface area is 56.9 Å². The first kappa shape index (κ1) is 8.25. The van der Waals surface area contributed by atoms with Gasteiger partial charge in [0.05, 0.1) is 0 Å². The molecule has 0 aromatic heterocycles. The van der Waals surface area contributed by atoms with Gasteiger partial charge in [-0.25, -0.2) is 0 Å². The molecule has 0 saturated heterocycles. The number of hydrogen-bond donors (Lipinski definition) is 0. The van der Waals surface area contributed by atoms with Gasteiger partial charge in [-0.3, -0.25) is 4.79 Å². The lowest BCUT2D eigenvalue weighted by Crippen LogP contribution is -2.13. The Kier molecular flexibility index (Phi) is 3.81. The van der Waals surface area contributed by atoms with Gasteiger partial charge in [0.2, 0.25) is 0 Å². The van der Waals surface area contributed by atoms with Gasteiger partial charge in [0.25, 0.3) is 9.04 Å². The summed E-state index contributed by atoms with van der Waals surface area (Å²) in [5.74, 6) is 1.93. The Balaban J connectivity index is 3.42. The van der Waals surface area contributed by atoms with Gasteiger partial charge in [0.15, 0.2) is 0 Å². The van der Waals surface area contributed by atoms with Crippen LogP contribution in [-0.4, -0.2) is 15.0 Å². The van der Waals surface area contributed by atoms with Crippen LogP contribution in [-0.2, 0) is 9.22 Å². The van der Waals surface area contributed by atoms with E-state index in [2.05, 4.69) is 5.92 Å². The third-order valence-corrected chi connectivity index (χ3v) is 1.20. The zero-order valence-corrected chi connectivity index (χ0v) is 6.60. The topological polar surface area (TPSA) is 26.3 Å². The number of carbonyl (C=O) groups is 1. The van der Waals surface area contributed by atoms with Crippen LogP contribution >= 0.6 is 0 Å². The molecule has 0 unspecified atom stereocenters. The summed E-state index contributed by atoms with van der Waals surface area (Å²) in [6.07, 6.45) is 4.96. The summed E-state index contributed by atoms with van der Waals surface area (Å²) in [5.41, 5.74) is 0. The third-order valence-electron chi connectivity index (χ3n) is 0.564. The zero-order valence-electron chi connectivity index (χ0n) is 5.60. The molecule has 1 radical (unpaired) electrons. The van der Waals surface area contributed by atoms with Gasteiger partial charge < -0.3 is 4.43 Å². The summed E-state index contributed by atoms with van der Waals surface area (Å²) in [5, 5.41) is 0. The minimum absolute atomic E-state index is 0.0931. The minimum atomic E-state index is -0.901. The van der Waals surface area contributed by atoms with Gasteiger partial charge in [-0.2, -0.15) is 0 Å². The molecule has 0 aliphatic heterocycles. The van der Waals surface area contributed by atoms with Crippen molar-refractivity contribution in [2.24, 2.45) is 0 Å². The molecule has 2 nitrogen and oxygen atoms in total. The van der Waals surface area contributed by atoms with E-state index in [9.17, 15) is 4.79 Å². The molecule has 0 aliphatic rings. The number of terminal acetylenes is 1. The molecular weight excluding hydrogens is 132 g/mol. The van der Waals surface area contributed by atoms with Crippen LogP contribution in [0.15, 0.2) is 0 Å². The smallest absolute Gasteiger partial charge is 0.304 e. The second-order valence-corrected chi connectivity index (χ2v) is 3.78. The average Bonchev–Trinajstić information content (AvgIpc) is 1.63. The van der Waals surface area contributed by atoms with Crippen LogP contribution in [0.1, 0.15) is 6.42 Å². The van der Waals surface area contributed by atoms with Gasteiger partial charge in [0.1, 0.15) is 6.42 Å². The van der Waals surface area contributed by atoms with E-state index in [1.54, 1.807) is 0 Å². The van der Waals surface area contributed by atoms with Gasteiger partial charge >= 0.3 is 5.97 Å². The zero-order chi connectivity index (χ0) is 7.28. The lowest BCUT2D eigenvalue weighted by Gasteiger charge is -2.01. The predicted molar refractivity (Wildman–Crippen MR) is 37.0 cm³/mol. The van der Waals surface area contributed by atoms with E-state index in [4.69, 9.17) is 10.8 Å². The van der Waals surface area contributed by atoms with Crippen molar-refractivity contribution in [3.8, 4) is 12.3 Å². The first-order valence-electron chi connectivity index (χ1n) is 2.61. The van der Waals surface area contributed by atoms with E-state index < -0.39 is 9.04 Å². The fourth-order valence-corrected chi connectivity index (χ4v) is 0.875. The minimum Gasteiger partial charge on any atom is -0.517 e. The molecule has 0 atom stereocenters. The fourth-order valence-electron chi connectivity index (χ4n) is 0.347. The molecule has 0 aromatic carbocycles. The van der Waals surface area contributed by atoms with Crippen molar-refractivity contribution >= 4 is 15.0 Å². The molecule has 0 bridgehead atoms. The third kappa shape index (κ3) is 5.11. The highest BCUT2D eigenvalue weighted by molar-refractivity contribution is 6.50. The summed E-state index contributed by atoms with van der Waals surface area (Å²) in [6.45, 7) is 3.78. The lowest BCUT2D eigenvalue weighted by atomic mass is 10.5. The standard InChI is InChI=1S/C6H9O2Si/c1-4-5-6(7)8-9(2)3/h1H,5H2,2-3H3. The monoisotopic (exact) mass is 141 g/mol. The molecule has 0 aliphatic carbocycles. The van der Waals surface area contributed by atoms with Crippen molar-refractivity contribution < 1.29 is 9.22 Å². The summed E-state index contributed by atoms with van der Waals surface area (Å²) < 4.78 is 4.81. The largest absolute Gasteiger partial charge is 0.517 e. The van der Waals surface area contributed by atoms with Crippen LogP contribution in [0.2, 0.25) is 13.1 Å². The van der Waals surface area contributed by atoms with E-state index in [-0.39, 0.29) is 12.4 Å². The quantitative estimate of drug-likeness (QED) is 0.420. The molecule has 0 saturated carbocycles. The summed E-state index contributed by atoms with van der Waals surface area (Å²) in [7, 11) is -0.901. The maximum atomic E-state index is 10.5. The van der Waals surface area contributed by atoms with Crippen LogP contribution in [0.4, 0.5) is 0 Å². The molecule has 0 N–H and O–H groups in total. The van der Waals surface area contributed by atoms with Crippen molar-refractivity contribution in [2.45, 2.75) is 19.5 Å². The summed E-state index contributed by atoms with van der Waals surface area (Å²) in [6, 6.07) is 0. The number of carbonyl (C=O) groups excluding carboxylic acids is 1. The Morgan fingerprint density at radius 2 is 2.33 bits per heavy atom. The molecule has 0 rings (SSSR count). The van der Waals surface area contributed by atoms with Gasteiger partial charge in [-0.05, 0) is 13.1 Å². The highest BCUT2D eigenvalue weighted by Crippen LogP contribution is 1.87. The van der Waals surface area contributed by atoms with E-state index in [1.807, 2.05) is 13.1 Å². The van der Waals surface area contributed by atoms with E-state index in [0.29, 0.717) is 0 Å². The lowest BCUT2D eigenvalue weighted by molar-refractivity contribution is -0.133. The van der Waals surface area contributed by atoms with Gasteiger partial charge in [-0.15, -0.1) is 6.42 Å². The molecule has 0 fully saturated rings. The molecule has 0 spiro atoms. The maximum absolute atomic E-state index is 10.5. The van der Waals surface area contributed by atoms with Crippen LogP contribution in [0.5, 0.6) is 0 Å². The molecule has 3 heteroatoms. The second-order valence-electron chi connectivity index (χ2n) is 1.76. The maximum Gasteiger partial charge on any atom is 0.304 e. The average molecular weight is 141 g/mol. The second kappa shape index (κ2) is 4.16. The highest BCUT2D eigenvalue weighted by atomic mass is 28.3. The number of rotatable bonds is 2. The van der Waals surface area contributed by atoms with Crippen LogP contribution < -0.4 is 0 Å². The highest BCUT2D eigenvalue weighted by Gasteiger charge is 2.03. The Hall–Kier alpha value is -0.753. The van der Waals surface area contributed by atoms with Crippen molar-refractivity contribution in [3.05, 3.63) is 0 Å². The van der Waals surface area contributed by atoms with Gasteiger partial charge in [-0.1, -0.05) is 5.92 Å². The van der Waals surface area contributed by atoms with Crippen molar-refractivity contribution in [3.63, 3.8) is 0 Å². The van der Waals surface area contributed by atoms with Crippen LogP contribution in [0.3, 0.4) is 0 Å². The van der Waals surface area contributed by atoms with Crippen LogP contribution in [0, 0.1) is 12.3 Å². The first-order chi connectivity index (χ1) is 4.16. The summed E-state index contributed by atoms with van der Waals surface area (Å²) in [4.78, 5) is 10.5. The first-order valence-corrected chi connectivity index (χ1v) is 5.02. The van der Waals surface area contributed by atoms with Gasteiger partial charge in [0, 0.05) is 0 Å². The van der Waals surface area contributed by atoms with Crippen molar-refractivity contribution in [1.29, 1.82) is 0 Å². The van der Waals surface area contributed by atoms with E-state index >= 15 is 0 Å². The number of hydrogen-bond acceptors (Lipinski definition) is 2. The van der Waals surface area contributed by atoms with E-state index in [0.717, 1.165) is 0 Å². The van der Waals surface area contributed by atoms with Crippen molar-refractivity contribution in [1.82, 2.24) is 0 Å². The molecule has 49 valence electrons. The van der Waals surface area contributed by atoms with Crippen molar-refractivity contribution in [2.75, 3.05) is 0 Å². The molecular formula is C6H9O2Si. The SMILES string of the molecule is C#CCC(=O)O[Si](C)C. The van der Waals surface area contributed by atoms with E-state index in [1.165, 1.54) is 0 Å². The van der Waals surface area contributed by atoms with Crippen LogP contribution in [0.25, 0.3) is 0 Å². The fraction of sp³-hybridized carbons (Fsp3) is 0.500. The molecule has 0 amide bonds. The Bertz CT molecular complexity index is 134. The normalized spacial score (nSPS) is 8.67. The molecule has 0 heterocycles. The summed E-state index contributed by atoms with van der Waals surface area (Å²) >= 11 is 0.